The lowest BCUT2D eigenvalue weighted by Crippen LogP contribution is -2.07. The molecule has 5 heteroatoms. The van der Waals surface area contributed by atoms with Gasteiger partial charge >= 0.3 is 5.97 Å². The molecule has 4 aromatic carbocycles. The number of rotatable bonds is 15. The number of unbranched alkanes of at least 4 members (excludes halogenated alkanes) is 7. The molecular weight excluding hydrogens is 520 g/mol. The largest absolute Gasteiger partial charge is 0.494 e. The maximum Gasteiger partial charge on any atom is 0.311 e. The highest BCUT2D eigenvalue weighted by Gasteiger charge is 2.07. The Morgan fingerprint density at radius 2 is 1.05 bits per heavy atom. The van der Waals surface area contributed by atoms with Crippen LogP contribution < -0.4 is 9.47 Å². The van der Waals surface area contributed by atoms with Crippen LogP contribution in [-0.2, 0) is 4.79 Å². The van der Waals surface area contributed by atoms with Gasteiger partial charge in [0.1, 0.15) is 11.5 Å². The molecule has 5 nitrogen and oxygen atoms in total. The van der Waals surface area contributed by atoms with Gasteiger partial charge in [-0.2, -0.15) is 10.5 Å². The molecule has 0 fully saturated rings. The third-order valence-electron chi connectivity index (χ3n) is 7.16. The van der Waals surface area contributed by atoms with Crippen molar-refractivity contribution in [2.75, 3.05) is 6.61 Å². The molecule has 0 heterocycles. The predicted octanol–water partition coefficient (Wildman–Crippen LogP) is 9.26. The van der Waals surface area contributed by atoms with Crippen LogP contribution in [0.3, 0.4) is 0 Å². The number of carbonyl (C=O) groups is 1. The Hall–Kier alpha value is -4.87. The average molecular weight is 557 g/mol. The van der Waals surface area contributed by atoms with E-state index in [9.17, 15) is 4.79 Å². The van der Waals surface area contributed by atoms with E-state index in [1.54, 1.807) is 18.2 Å². The number of nitriles is 2. The molecule has 0 bridgehead atoms. The van der Waals surface area contributed by atoms with Gasteiger partial charge in [-0.25, -0.2) is 0 Å². The van der Waals surface area contributed by atoms with E-state index in [0.717, 1.165) is 60.1 Å². The zero-order valence-electron chi connectivity index (χ0n) is 23.9. The minimum absolute atomic E-state index is 0.198. The summed E-state index contributed by atoms with van der Waals surface area (Å²) in [7, 11) is 0. The van der Waals surface area contributed by atoms with Crippen LogP contribution in [0, 0.1) is 22.7 Å². The van der Waals surface area contributed by atoms with E-state index in [-0.39, 0.29) is 5.97 Å². The van der Waals surface area contributed by atoms with Gasteiger partial charge in [0, 0.05) is 6.42 Å². The molecule has 0 unspecified atom stereocenters. The summed E-state index contributed by atoms with van der Waals surface area (Å²) in [6, 6.07) is 34.8. The topological polar surface area (TPSA) is 83.1 Å². The fourth-order valence-corrected chi connectivity index (χ4v) is 4.76. The van der Waals surface area contributed by atoms with Crippen LogP contribution >= 0.6 is 0 Å². The fraction of sp³-hybridized carbons (Fsp3) is 0.270. The molecule has 42 heavy (non-hydrogen) atoms. The molecule has 0 spiro atoms. The molecule has 0 saturated carbocycles. The molecule has 4 aromatic rings. The molecule has 0 atom stereocenters. The normalized spacial score (nSPS) is 10.4. The third-order valence-corrected chi connectivity index (χ3v) is 7.16. The van der Waals surface area contributed by atoms with Crippen LogP contribution in [0.1, 0.15) is 68.9 Å². The first-order valence-electron chi connectivity index (χ1n) is 14.7. The Bertz CT molecular complexity index is 1500. The first-order chi connectivity index (χ1) is 20.6. The standard InChI is InChI=1S/C37H36N2O3/c38-27-29-13-17-31(18-14-29)32-21-23-35(24-22-32)41-25-8-6-4-2-1-3-5-7-12-37(40)42-36-11-9-10-34(26-36)33-19-15-30(28-39)16-20-33/h9-11,13-24,26H,1-8,12,25H2. The molecule has 0 saturated heterocycles. The Labute approximate surface area is 249 Å². The summed E-state index contributed by atoms with van der Waals surface area (Å²) in [6.45, 7) is 0.717. The quantitative estimate of drug-likeness (QED) is 0.0828. The summed E-state index contributed by atoms with van der Waals surface area (Å²) in [4.78, 5) is 12.3. The highest BCUT2D eigenvalue weighted by atomic mass is 16.5. The monoisotopic (exact) mass is 556 g/mol. The van der Waals surface area contributed by atoms with Crippen LogP contribution in [0.15, 0.2) is 97.1 Å². The van der Waals surface area contributed by atoms with Gasteiger partial charge in [-0.15, -0.1) is 0 Å². The number of ether oxygens (including phenoxy) is 2. The Morgan fingerprint density at radius 1 is 0.548 bits per heavy atom. The summed E-state index contributed by atoms with van der Waals surface area (Å²) in [5, 5.41) is 17.9. The minimum atomic E-state index is -0.198. The van der Waals surface area contributed by atoms with Crippen LogP contribution in [0.4, 0.5) is 0 Å². The molecule has 0 N–H and O–H groups in total. The van der Waals surface area contributed by atoms with Crippen molar-refractivity contribution in [1.82, 2.24) is 0 Å². The second-order valence-electron chi connectivity index (χ2n) is 10.3. The van der Waals surface area contributed by atoms with E-state index < -0.39 is 0 Å². The summed E-state index contributed by atoms with van der Waals surface area (Å²) in [6.07, 6.45) is 9.18. The van der Waals surface area contributed by atoms with E-state index in [4.69, 9.17) is 20.0 Å². The fourth-order valence-electron chi connectivity index (χ4n) is 4.76. The molecule has 4 rings (SSSR count). The maximum atomic E-state index is 12.3. The third kappa shape index (κ3) is 9.65. The van der Waals surface area contributed by atoms with Crippen molar-refractivity contribution in [2.45, 2.75) is 57.8 Å². The summed E-state index contributed by atoms with van der Waals surface area (Å²) < 4.78 is 11.5. The zero-order valence-corrected chi connectivity index (χ0v) is 23.9. The predicted molar refractivity (Wildman–Crippen MR) is 166 cm³/mol. The SMILES string of the molecule is N#Cc1ccc(-c2ccc(OCCCCCCCCCCC(=O)Oc3cccc(-c4ccc(C#N)cc4)c3)cc2)cc1. The van der Waals surface area contributed by atoms with E-state index in [0.29, 0.717) is 29.9 Å². The molecule has 0 radical (unpaired) electrons. The maximum absolute atomic E-state index is 12.3. The van der Waals surface area contributed by atoms with E-state index in [1.165, 1.54) is 19.3 Å². The van der Waals surface area contributed by atoms with Gasteiger partial charge in [-0.05, 0) is 83.6 Å². The van der Waals surface area contributed by atoms with Crippen molar-refractivity contribution in [3.63, 3.8) is 0 Å². The highest BCUT2D eigenvalue weighted by Crippen LogP contribution is 2.25. The second kappa shape index (κ2) is 16.4. The number of carbonyl (C=O) groups excluding carboxylic acids is 1. The van der Waals surface area contributed by atoms with Gasteiger partial charge in [0.2, 0.25) is 0 Å². The van der Waals surface area contributed by atoms with Crippen LogP contribution in [0.5, 0.6) is 11.5 Å². The Kier molecular flexibility index (Phi) is 11.8. The number of hydrogen-bond acceptors (Lipinski definition) is 5. The van der Waals surface area contributed by atoms with Gasteiger partial charge in [0.05, 0.1) is 29.9 Å². The molecule has 0 aliphatic rings. The van der Waals surface area contributed by atoms with Gasteiger partial charge in [0.15, 0.2) is 0 Å². The molecule has 0 amide bonds. The smallest absolute Gasteiger partial charge is 0.311 e. The van der Waals surface area contributed by atoms with Gasteiger partial charge < -0.3 is 9.47 Å². The molecule has 0 aliphatic heterocycles. The van der Waals surface area contributed by atoms with Crippen molar-refractivity contribution in [3.8, 4) is 45.9 Å². The van der Waals surface area contributed by atoms with Crippen molar-refractivity contribution >= 4 is 5.97 Å². The van der Waals surface area contributed by atoms with Crippen molar-refractivity contribution < 1.29 is 14.3 Å². The molecule has 0 aliphatic carbocycles. The number of hydrogen-bond donors (Lipinski definition) is 0. The van der Waals surface area contributed by atoms with E-state index >= 15 is 0 Å². The summed E-state index contributed by atoms with van der Waals surface area (Å²) >= 11 is 0. The number of benzene rings is 4. The molecular formula is C37H36N2O3. The Balaban J connectivity index is 1.01. The van der Waals surface area contributed by atoms with Crippen molar-refractivity contribution in [2.24, 2.45) is 0 Å². The zero-order chi connectivity index (χ0) is 29.4. The van der Waals surface area contributed by atoms with Gasteiger partial charge in [0.25, 0.3) is 0 Å². The van der Waals surface area contributed by atoms with Gasteiger partial charge in [-0.1, -0.05) is 87.1 Å². The number of nitrogens with zero attached hydrogens (tertiary/aromatic N) is 2. The van der Waals surface area contributed by atoms with Crippen molar-refractivity contribution in [3.05, 3.63) is 108 Å². The van der Waals surface area contributed by atoms with Crippen LogP contribution in [-0.4, -0.2) is 12.6 Å². The number of esters is 1. The lowest BCUT2D eigenvalue weighted by atomic mass is 10.0. The van der Waals surface area contributed by atoms with E-state index in [1.807, 2.05) is 78.9 Å². The Morgan fingerprint density at radius 3 is 1.62 bits per heavy atom. The first-order valence-corrected chi connectivity index (χ1v) is 14.7. The van der Waals surface area contributed by atoms with Crippen LogP contribution in [0.25, 0.3) is 22.3 Å². The molecule has 0 aromatic heterocycles. The first kappa shape index (κ1) is 30.1. The molecule has 212 valence electrons. The van der Waals surface area contributed by atoms with Crippen LogP contribution in [0.2, 0.25) is 0 Å². The van der Waals surface area contributed by atoms with Gasteiger partial charge in [-0.3, -0.25) is 4.79 Å². The average Bonchev–Trinajstić information content (AvgIpc) is 3.04. The lowest BCUT2D eigenvalue weighted by Gasteiger charge is -2.08. The summed E-state index contributed by atoms with van der Waals surface area (Å²) in [5.41, 5.74) is 5.40. The minimum Gasteiger partial charge on any atom is -0.494 e. The van der Waals surface area contributed by atoms with E-state index in [2.05, 4.69) is 12.1 Å². The summed E-state index contributed by atoms with van der Waals surface area (Å²) in [5.74, 6) is 1.23. The highest BCUT2D eigenvalue weighted by molar-refractivity contribution is 5.73. The second-order valence-corrected chi connectivity index (χ2v) is 10.3. The van der Waals surface area contributed by atoms with Crippen molar-refractivity contribution in [1.29, 1.82) is 10.5 Å². The lowest BCUT2D eigenvalue weighted by molar-refractivity contribution is -0.134.